The van der Waals surface area contributed by atoms with Gasteiger partial charge in [0.05, 0.1) is 16.2 Å². The van der Waals surface area contributed by atoms with E-state index in [0.717, 1.165) is 59.9 Å². The molecule has 6 aromatic carbocycles. The number of rotatable bonds is 11. The molecule has 0 saturated heterocycles. The smallest absolute Gasteiger partial charge is 0.357 e. The van der Waals surface area contributed by atoms with Crippen LogP contribution in [0.3, 0.4) is 0 Å². The van der Waals surface area contributed by atoms with Gasteiger partial charge in [0.1, 0.15) is 0 Å². The molecule has 9 nitrogen and oxygen atoms in total. The van der Waals surface area contributed by atoms with E-state index in [9.17, 15) is 27.7 Å². The maximum Gasteiger partial charge on any atom is 0.357 e. The first-order chi connectivity index (χ1) is 29.4. The van der Waals surface area contributed by atoms with Crippen LogP contribution >= 0.6 is 0 Å². The number of aliphatic carboxylic acids is 1. The van der Waals surface area contributed by atoms with Gasteiger partial charge in [-0.3, -0.25) is 9.35 Å². The molecule has 10 heteroatoms. The second-order valence-electron chi connectivity index (χ2n) is 16.0. The average Bonchev–Trinajstić information content (AvgIpc) is 3.87. The summed E-state index contributed by atoms with van der Waals surface area (Å²) in [6, 6.07) is 43.6. The van der Waals surface area contributed by atoms with Gasteiger partial charge in [-0.2, -0.15) is 18.5 Å². The molecule has 9 rings (SSSR count). The molecule has 6 aromatic rings. The summed E-state index contributed by atoms with van der Waals surface area (Å²) in [6.45, 7) is 9.09. The van der Waals surface area contributed by atoms with Crippen LogP contribution in [0.25, 0.3) is 28.3 Å². The van der Waals surface area contributed by atoms with Crippen LogP contribution in [0, 0.1) is 0 Å². The highest BCUT2D eigenvalue weighted by Crippen LogP contribution is 2.56. The first-order valence-corrected chi connectivity index (χ1v) is 22.2. The van der Waals surface area contributed by atoms with Gasteiger partial charge in [-0.1, -0.05) is 100 Å². The van der Waals surface area contributed by atoms with E-state index >= 15 is 0 Å². The average molecular weight is 828 g/mol. The molecule has 0 fully saturated rings. The molecule has 2 aliphatic carbocycles. The number of carboxylic acids is 1. The van der Waals surface area contributed by atoms with Gasteiger partial charge in [0.2, 0.25) is 0 Å². The minimum atomic E-state index is -4.47. The van der Waals surface area contributed by atoms with Gasteiger partial charge in [-0.05, 0) is 142 Å². The number of carboxylic acid groups (broad SMARTS) is 1. The summed E-state index contributed by atoms with van der Waals surface area (Å²) in [6.07, 6.45) is 5.34. The molecule has 0 spiro atoms. The monoisotopic (exact) mass is 827 g/mol. The van der Waals surface area contributed by atoms with Crippen LogP contribution in [-0.4, -0.2) is 35.7 Å². The van der Waals surface area contributed by atoms with Crippen LogP contribution in [-0.2, 0) is 30.5 Å². The maximum atomic E-state index is 13.7. The molecular weight excluding hydrogens is 783 g/mol. The fourth-order valence-electron chi connectivity index (χ4n) is 10.2. The van der Waals surface area contributed by atoms with Gasteiger partial charge in [-0.15, -0.1) is 0 Å². The maximum absolute atomic E-state index is 13.7. The predicted octanol–water partition coefficient (Wildman–Crippen LogP) is 11.4. The Morgan fingerprint density at radius 1 is 0.639 bits per heavy atom. The molecule has 1 amide bonds. The van der Waals surface area contributed by atoms with E-state index in [0.29, 0.717) is 5.56 Å². The SMILES string of the molecule is CCC1(CC)c2ccccc2-c2ccc(N(c3ccc(/C=C4\C(=O)N(c5ccc(S(=O)(=O)O)cc5)N=C4C(=O)O)cc3)c3ccc4c(c3)C(CC)(CC)c3ccccc3-4)cc21. The third-order valence-corrected chi connectivity index (χ3v) is 14.2. The van der Waals surface area contributed by atoms with Gasteiger partial charge < -0.3 is 10.0 Å². The zero-order valence-electron chi connectivity index (χ0n) is 34.4. The zero-order chi connectivity index (χ0) is 42.8. The number of hydrogen-bond acceptors (Lipinski definition) is 6. The largest absolute Gasteiger partial charge is 0.476 e. The number of anilines is 4. The predicted molar refractivity (Wildman–Crippen MR) is 242 cm³/mol. The van der Waals surface area contributed by atoms with Gasteiger partial charge >= 0.3 is 5.97 Å². The molecule has 61 heavy (non-hydrogen) atoms. The highest BCUT2D eigenvalue weighted by molar-refractivity contribution is 7.85. The van der Waals surface area contributed by atoms with Crippen molar-refractivity contribution in [3.8, 4) is 22.3 Å². The fourth-order valence-corrected chi connectivity index (χ4v) is 10.6. The number of hydrogen-bond donors (Lipinski definition) is 2. The third-order valence-electron chi connectivity index (χ3n) is 13.4. The number of fused-ring (bicyclic) bond motifs is 6. The van der Waals surface area contributed by atoms with E-state index in [2.05, 4.69) is 123 Å². The molecule has 1 aliphatic heterocycles. The van der Waals surface area contributed by atoms with Gasteiger partial charge in [-0.25, -0.2) is 4.79 Å². The van der Waals surface area contributed by atoms with Crippen molar-refractivity contribution in [2.45, 2.75) is 69.1 Å². The lowest BCUT2D eigenvalue weighted by Gasteiger charge is -2.33. The zero-order valence-corrected chi connectivity index (χ0v) is 35.2. The topological polar surface area (TPSA) is 128 Å². The van der Waals surface area contributed by atoms with Crippen LogP contribution < -0.4 is 9.91 Å². The Bertz CT molecular complexity index is 2830. The standard InChI is InChI=1S/C51H45N3O6S/c1-5-50(6-2)43-15-11-9-13-38(43)40-27-23-35(30-45(40)50)53(36-24-28-41-39-14-10-12-16-44(39)51(7-3,8-4)46(41)31-36)33-19-17-32(18-20-33)29-42-47(49(56)57)52-54(48(42)55)34-21-25-37(26-22-34)61(58,59)60/h9-31H,5-8H2,1-4H3,(H,56,57)(H,58,59,60)/b42-29-. The minimum absolute atomic E-state index is 0.127. The molecule has 2 N–H and O–H groups in total. The second kappa shape index (κ2) is 14.8. The quantitative estimate of drug-likeness (QED) is 0.0983. The summed E-state index contributed by atoms with van der Waals surface area (Å²) in [4.78, 5) is 28.0. The molecule has 0 radical (unpaired) electrons. The number of carbonyl (C=O) groups excluding carboxylic acids is 1. The lowest BCUT2D eigenvalue weighted by molar-refractivity contribution is -0.129. The lowest BCUT2D eigenvalue weighted by Crippen LogP contribution is -2.24. The van der Waals surface area contributed by atoms with Crippen LogP contribution in [0.1, 0.15) is 81.2 Å². The molecular formula is C51H45N3O6S. The Morgan fingerprint density at radius 3 is 1.56 bits per heavy atom. The Balaban J connectivity index is 1.15. The number of amides is 1. The van der Waals surface area contributed by atoms with Crippen molar-refractivity contribution in [2.24, 2.45) is 5.10 Å². The first-order valence-electron chi connectivity index (χ1n) is 20.7. The summed E-state index contributed by atoms with van der Waals surface area (Å²) < 4.78 is 32.6. The summed E-state index contributed by atoms with van der Waals surface area (Å²) in [7, 11) is -4.47. The van der Waals surface area contributed by atoms with Crippen molar-refractivity contribution in [3.05, 3.63) is 167 Å². The van der Waals surface area contributed by atoms with Gasteiger partial charge in [0.15, 0.2) is 5.71 Å². The van der Waals surface area contributed by atoms with Crippen molar-refractivity contribution >= 4 is 56.5 Å². The molecule has 0 atom stereocenters. The van der Waals surface area contributed by atoms with Crippen molar-refractivity contribution in [1.82, 2.24) is 0 Å². The minimum Gasteiger partial charge on any atom is -0.476 e. The number of nitrogens with zero attached hydrogens (tertiary/aromatic N) is 3. The molecule has 1 heterocycles. The van der Waals surface area contributed by atoms with Crippen molar-refractivity contribution in [3.63, 3.8) is 0 Å². The Hall–Kier alpha value is -6.62. The van der Waals surface area contributed by atoms with E-state index in [1.807, 2.05) is 24.3 Å². The van der Waals surface area contributed by atoms with Crippen LogP contribution in [0.4, 0.5) is 22.7 Å². The number of benzene rings is 6. The van der Waals surface area contributed by atoms with Gasteiger partial charge in [0.25, 0.3) is 16.0 Å². The van der Waals surface area contributed by atoms with Crippen LogP contribution in [0.2, 0.25) is 0 Å². The van der Waals surface area contributed by atoms with E-state index in [-0.39, 0.29) is 27.0 Å². The number of hydrazone groups is 1. The Kier molecular flexibility index (Phi) is 9.68. The Labute approximate surface area is 356 Å². The molecule has 3 aliphatic rings. The van der Waals surface area contributed by atoms with Crippen molar-refractivity contribution < 1.29 is 27.7 Å². The normalized spacial score (nSPS) is 16.2. The summed E-state index contributed by atoms with van der Waals surface area (Å²) >= 11 is 0. The first kappa shape index (κ1) is 39.8. The fraction of sp³-hybridized carbons (Fsp3) is 0.196. The summed E-state index contributed by atoms with van der Waals surface area (Å²) in [5.74, 6) is -2.07. The van der Waals surface area contributed by atoms with E-state index in [4.69, 9.17) is 0 Å². The van der Waals surface area contributed by atoms with E-state index in [1.54, 1.807) is 0 Å². The summed E-state index contributed by atoms with van der Waals surface area (Å²) in [5, 5.41) is 15.1. The lowest BCUT2D eigenvalue weighted by atomic mass is 9.73. The highest BCUT2D eigenvalue weighted by atomic mass is 32.2. The number of carbonyl (C=O) groups is 2. The molecule has 0 bridgehead atoms. The Morgan fingerprint density at radius 2 is 1.10 bits per heavy atom. The van der Waals surface area contributed by atoms with E-state index in [1.165, 1.54) is 62.7 Å². The molecule has 0 saturated carbocycles. The van der Waals surface area contributed by atoms with Crippen molar-refractivity contribution in [1.29, 1.82) is 0 Å². The summed E-state index contributed by atoms with van der Waals surface area (Å²) in [5.41, 5.74) is 13.2. The molecule has 0 aromatic heterocycles. The second-order valence-corrected chi connectivity index (χ2v) is 17.4. The van der Waals surface area contributed by atoms with Crippen LogP contribution in [0.5, 0.6) is 0 Å². The van der Waals surface area contributed by atoms with Crippen LogP contribution in [0.15, 0.2) is 149 Å². The van der Waals surface area contributed by atoms with E-state index < -0.39 is 27.7 Å². The molecule has 306 valence electrons. The van der Waals surface area contributed by atoms with Crippen molar-refractivity contribution in [2.75, 3.05) is 9.91 Å². The van der Waals surface area contributed by atoms with Gasteiger partial charge in [0, 0.05) is 27.9 Å². The molecule has 0 unspecified atom stereocenters. The third kappa shape index (κ3) is 6.15. The highest BCUT2D eigenvalue weighted by Gasteiger charge is 2.43.